The number of nitrogens with zero attached hydrogens (tertiary/aromatic N) is 3. The van der Waals surface area contributed by atoms with Crippen LogP contribution >= 0.6 is 11.6 Å². The molecule has 0 aliphatic carbocycles. The second-order valence-corrected chi connectivity index (χ2v) is 2.80. The Morgan fingerprint density at radius 1 is 1.67 bits per heavy atom. The predicted octanol–water partition coefficient (Wildman–Crippen LogP) is 3.30. The van der Waals surface area contributed by atoms with Crippen molar-refractivity contribution in [3.05, 3.63) is 24.0 Å². The van der Waals surface area contributed by atoms with Crippen LogP contribution in [-0.4, -0.2) is 23.2 Å². The highest BCUT2D eigenvalue weighted by Gasteiger charge is 2.16. The molecule has 0 aromatic heterocycles. The minimum Gasteiger partial charge on any atom is -0.246 e. The summed E-state index contributed by atoms with van der Waals surface area (Å²) in [6.07, 6.45) is 2.74. The third-order valence-corrected chi connectivity index (χ3v) is 1.83. The molecule has 0 aromatic carbocycles. The first-order valence-electron chi connectivity index (χ1n) is 4.64. The molecule has 0 saturated carbocycles. The molecule has 0 N–H and O–H groups in total. The molecule has 5 heteroatoms. The molecular formula is C10H15ClFN3. The van der Waals surface area contributed by atoms with Crippen LogP contribution in [0.5, 0.6) is 0 Å². The second kappa shape index (κ2) is 7.17. The van der Waals surface area contributed by atoms with Gasteiger partial charge in [-0.1, -0.05) is 32.0 Å². The fourth-order valence-electron chi connectivity index (χ4n) is 0.919. The van der Waals surface area contributed by atoms with E-state index in [0.717, 1.165) is 0 Å². The van der Waals surface area contributed by atoms with Crippen LogP contribution in [0.15, 0.2) is 34.1 Å². The van der Waals surface area contributed by atoms with Crippen molar-refractivity contribution in [3.8, 4) is 0 Å². The number of hydrogen-bond donors (Lipinski definition) is 0. The molecule has 0 unspecified atom stereocenters. The van der Waals surface area contributed by atoms with Crippen molar-refractivity contribution >= 4 is 23.1 Å². The van der Waals surface area contributed by atoms with Gasteiger partial charge in [0.05, 0.1) is 0 Å². The van der Waals surface area contributed by atoms with Crippen molar-refractivity contribution < 1.29 is 4.39 Å². The molecule has 0 atom stereocenters. The zero-order chi connectivity index (χ0) is 11.8. The second-order valence-electron chi connectivity index (χ2n) is 2.44. The van der Waals surface area contributed by atoms with Gasteiger partial charge in [0.25, 0.3) is 0 Å². The first-order valence-corrected chi connectivity index (χ1v) is 5.02. The normalized spacial score (nSPS) is 17.7. The van der Waals surface area contributed by atoms with Crippen molar-refractivity contribution in [1.82, 2.24) is 5.01 Å². The summed E-state index contributed by atoms with van der Waals surface area (Å²) in [6.45, 7) is 8.57. The topological polar surface area (TPSA) is 28.0 Å². The summed E-state index contributed by atoms with van der Waals surface area (Å²) in [4.78, 5) is 3.75. The van der Waals surface area contributed by atoms with E-state index >= 15 is 0 Å². The third kappa shape index (κ3) is 3.47. The van der Waals surface area contributed by atoms with E-state index in [-0.39, 0.29) is 5.17 Å². The van der Waals surface area contributed by atoms with E-state index in [2.05, 4.69) is 16.7 Å². The van der Waals surface area contributed by atoms with Gasteiger partial charge in [0, 0.05) is 6.20 Å². The van der Waals surface area contributed by atoms with Crippen LogP contribution in [-0.2, 0) is 0 Å². The lowest BCUT2D eigenvalue weighted by molar-refractivity contribution is 0.490. The first-order chi connectivity index (χ1) is 7.20. The Balaban J connectivity index is 0.000000921. The van der Waals surface area contributed by atoms with Crippen LogP contribution in [0.2, 0.25) is 0 Å². The maximum absolute atomic E-state index is 12.4. The molecule has 1 heterocycles. The average molecular weight is 232 g/mol. The minimum absolute atomic E-state index is 0.227. The zero-order valence-corrected chi connectivity index (χ0v) is 9.92. The minimum atomic E-state index is -0.582. The Morgan fingerprint density at radius 2 is 2.27 bits per heavy atom. The number of aliphatic imine (C=N–C) groups is 1. The Hall–Kier alpha value is -1.16. The van der Waals surface area contributed by atoms with E-state index in [9.17, 15) is 4.39 Å². The van der Waals surface area contributed by atoms with Gasteiger partial charge in [-0.25, -0.2) is 14.4 Å². The third-order valence-electron chi connectivity index (χ3n) is 1.55. The van der Waals surface area contributed by atoms with Crippen molar-refractivity contribution in [2.75, 3.05) is 6.67 Å². The molecule has 0 saturated heterocycles. The number of alkyl halides is 1. The highest BCUT2D eigenvalue weighted by molar-refractivity contribution is 6.70. The fraction of sp³-hybridized carbons (Fsp3) is 0.400. The molecule has 0 amide bonds. The van der Waals surface area contributed by atoms with E-state index < -0.39 is 6.67 Å². The number of hydrazone groups is 1. The standard InChI is InChI=1S/C8H9ClFN3.C2H6/c1-3-13-7(6(2)4-10)8(9)11-5-12-13;1-2/h3,5H,1,4H2,2H3;1-2H3/b7-6+;. The van der Waals surface area contributed by atoms with Gasteiger partial charge in [0.1, 0.15) is 18.7 Å². The number of rotatable bonds is 2. The smallest absolute Gasteiger partial charge is 0.156 e. The van der Waals surface area contributed by atoms with E-state index in [1.165, 1.54) is 17.5 Å². The lowest BCUT2D eigenvalue weighted by atomic mass is 10.2. The maximum atomic E-state index is 12.4. The number of hydrogen-bond acceptors (Lipinski definition) is 3. The lowest BCUT2D eigenvalue weighted by Crippen LogP contribution is -2.20. The molecule has 0 bridgehead atoms. The van der Waals surface area contributed by atoms with Crippen molar-refractivity contribution in [2.24, 2.45) is 10.1 Å². The molecule has 15 heavy (non-hydrogen) atoms. The van der Waals surface area contributed by atoms with E-state index in [4.69, 9.17) is 11.6 Å². The highest BCUT2D eigenvalue weighted by atomic mass is 35.5. The molecular weight excluding hydrogens is 217 g/mol. The largest absolute Gasteiger partial charge is 0.246 e. The quantitative estimate of drug-likeness (QED) is 0.717. The molecule has 84 valence electrons. The molecule has 0 spiro atoms. The SMILES string of the molecule is C=CN1N=CN=C(Cl)/C1=C(/C)CF.CC. The Morgan fingerprint density at radius 3 is 2.73 bits per heavy atom. The summed E-state index contributed by atoms with van der Waals surface area (Å²) >= 11 is 5.77. The zero-order valence-electron chi connectivity index (χ0n) is 9.17. The predicted molar refractivity (Wildman–Crippen MR) is 63.8 cm³/mol. The van der Waals surface area contributed by atoms with Gasteiger partial charge in [0.2, 0.25) is 0 Å². The molecule has 0 radical (unpaired) electrons. The van der Waals surface area contributed by atoms with E-state index in [1.54, 1.807) is 6.92 Å². The van der Waals surface area contributed by atoms with Gasteiger partial charge in [-0.3, -0.25) is 0 Å². The first kappa shape index (κ1) is 13.8. The number of allylic oxidation sites excluding steroid dienone is 2. The molecule has 1 aliphatic rings. The summed E-state index contributed by atoms with van der Waals surface area (Å²) in [5, 5.41) is 5.46. The lowest BCUT2D eigenvalue weighted by Gasteiger charge is -2.20. The fourth-order valence-corrected chi connectivity index (χ4v) is 1.21. The summed E-state index contributed by atoms with van der Waals surface area (Å²) in [5.41, 5.74) is 0.937. The molecule has 0 fully saturated rings. The molecule has 3 nitrogen and oxygen atoms in total. The Kier molecular flexibility index (Phi) is 6.62. The van der Waals surface area contributed by atoms with Crippen LogP contribution < -0.4 is 0 Å². The van der Waals surface area contributed by atoms with Gasteiger partial charge in [-0.15, -0.1) is 0 Å². The average Bonchev–Trinajstić information content (AvgIpc) is 2.30. The van der Waals surface area contributed by atoms with Crippen molar-refractivity contribution in [3.63, 3.8) is 0 Å². The summed E-state index contributed by atoms with van der Waals surface area (Å²) in [5.74, 6) is 0. The van der Waals surface area contributed by atoms with Crippen molar-refractivity contribution in [1.29, 1.82) is 0 Å². The number of halogens is 2. The van der Waals surface area contributed by atoms with Crippen LogP contribution in [0, 0.1) is 0 Å². The molecule has 1 rings (SSSR count). The van der Waals surface area contributed by atoms with Crippen LogP contribution in [0.3, 0.4) is 0 Å². The van der Waals surface area contributed by atoms with Gasteiger partial charge >= 0.3 is 0 Å². The maximum Gasteiger partial charge on any atom is 0.156 e. The van der Waals surface area contributed by atoms with E-state index in [0.29, 0.717) is 11.3 Å². The summed E-state index contributed by atoms with van der Waals surface area (Å²) in [6, 6.07) is 0. The van der Waals surface area contributed by atoms with Gasteiger partial charge in [0.15, 0.2) is 5.17 Å². The van der Waals surface area contributed by atoms with Gasteiger partial charge in [-0.05, 0) is 12.5 Å². The van der Waals surface area contributed by atoms with Crippen molar-refractivity contribution in [2.45, 2.75) is 20.8 Å². The van der Waals surface area contributed by atoms with Gasteiger partial charge < -0.3 is 0 Å². The Bertz CT molecular complexity index is 308. The van der Waals surface area contributed by atoms with Crippen LogP contribution in [0.1, 0.15) is 20.8 Å². The highest BCUT2D eigenvalue weighted by Crippen LogP contribution is 2.18. The van der Waals surface area contributed by atoms with Crippen LogP contribution in [0.25, 0.3) is 0 Å². The van der Waals surface area contributed by atoms with E-state index in [1.807, 2.05) is 13.8 Å². The molecule has 0 aromatic rings. The Labute approximate surface area is 94.6 Å². The molecule has 1 aliphatic heterocycles. The summed E-state index contributed by atoms with van der Waals surface area (Å²) < 4.78 is 12.4. The monoisotopic (exact) mass is 231 g/mol. The van der Waals surface area contributed by atoms with Crippen LogP contribution in [0.4, 0.5) is 4.39 Å². The van der Waals surface area contributed by atoms with Gasteiger partial charge in [-0.2, -0.15) is 5.10 Å². The summed E-state index contributed by atoms with van der Waals surface area (Å²) in [7, 11) is 0.